The fourth-order valence-corrected chi connectivity index (χ4v) is 8.08. The molecule has 0 N–H and O–H groups in total. The maximum atomic E-state index is 14.2. The number of carbonyl (C=O) groups is 2. The molecular formula is C28H51BrO6Si2. The van der Waals surface area contributed by atoms with Crippen LogP contribution < -0.4 is 0 Å². The zero-order valence-corrected chi connectivity index (χ0v) is 28.6. The van der Waals surface area contributed by atoms with Gasteiger partial charge in [-0.05, 0) is 75.5 Å². The van der Waals surface area contributed by atoms with Gasteiger partial charge in [0, 0.05) is 17.8 Å². The molecule has 0 amide bonds. The average Bonchev–Trinajstić information content (AvgIpc) is 3.50. The lowest BCUT2D eigenvalue weighted by Crippen LogP contribution is -2.51. The predicted octanol–water partition coefficient (Wildman–Crippen LogP) is 7.24. The topological polar surface area (TPSA) is 74.4 Å². The van der Waals surface area contributed by atoms with Crippen molar-refractivity contribution in [3.63, 3.8) is 0 Å². The molecule has 37 heavy (non-hydrogen) atoms. The van der Waals surface area contributed by atoms with Crippen LogP contribution in [0.2, 0.25) is 39.3 Å². The van der Waals surface area contributed by atoms with Crippen LogP contribution >= 0.6 is 15.9 Å². The lowest BCUT2D eigenvalue weighted by molar-refractivity contribution is -0.153. The lowest BCUT2D eigenvalue weighted by Gasteiger charge is -2.41. The number of halogens is 1. The minimum absolute atomic E-state index is 0.0336. The van der Waals surface area contributed by atoms with E-state index in [0.717, 1.165) is 24.8 Å². The molecule has 214 valence electrons. The van der Waals surface area contributed by atoms with E-state index >= 15 is 0 Å². The Morgan fingerprint density at radius 1 is 1.00 bits per heavy atom. The van der Waals surface area contributed by atoms with Crippen LogP contribution in [0, 0.1) is 17.3 Å². The van der Waals surface area contributed by atoms with Crippen molar-refractivity contribution in [2.75, 3.05) is 0 Å². The number of fused-ring (bicyclic) bond motifs is 1. The number of hydrogen-bond donors (Lipinski definition) is 0. The second-order valence-electron chi connectivity index (χ2n) is 13.7. The van der Waals surface area contributed by atoms with Crippen molar-refractivity contribution in [3.05, 3.63) is 10.6 Å². The Hall–Kier alpha value is -0.326. The van der Waals surface area contributed by atoms with Crippen molar-refractivity contribution in [2.24, 2.45) is 17.3 Å². The molecule has 0 aromatic heterocycles. The summed E-state index contributed by atoms with van der Waals surface area (Å²) >= 11 is 3.40. The molecule has 2 rings (SSSR count). The van der Waals surface area contributed by atoms with Gasteiger partial charge in [0.05, 0.1) is 30.8 Å². The van der Waals surface area contributed by atoms with Gasteiger partial charge >= 0.3 is 5.97 Å². The Labute approximate surface area is 236 Å². The van der Waals surface area contributed by atoms with Crippen molar-refractivity contribution >= 4 is 44.3 Å². The highest BCUT2D eigenvalue weighted by Gasteiger charge is 2.47. The van der Waals surface area contributed by atoms with Gasteiger partial charge in [0.25, 0.3) is 0 Å². The maximum Gasteiger partial charge on any atom is 0.309 e. The largest absolute Gasteiger partial charge is 0.458 e. The van der Waals surface area contributed by atoms with E-state index in [1.54, 1.807) is 0 Å². The smallest absolute Gasteiger partial charge is 0.309 e. The Morgan fingerprint density at radius 2 is 1.59 bits per heavy atom. The molecule has 2 aliphatic rings. The molecule has 0 bridgehead atoms. The first-order valence-electron chi connectivity index (χ1n) is 13.9. The van der Waals surface area contributed by atoms with Gasteiger partial charge in [0.15, 0.2) is 16.6 Å². The summed E-state index contributed by atoms with van der Waals surface area (Å²) in [6.07, 6.45) is 2.82. The summed E-state index contributed by atoms with van der Waals surface area (Å²) in [5.41, 5.74) is 0.0622. The van der Waals surface area contributed by atoms with Gasteiger partial charge in [0.1, 0.15) is 11.9 Å². The fraction of sp³-hybridized carbons (Fsp3) is 0.857. The number of cyclic esters (lactones) is 1. The average molecular weight is 620 g/mol. The molecule has 0 radical (unpaired) electrons. The molecular weight excluding hydrogens is 568 g/mol. The Bertz CT molecular complexity index is 832. The van der Waals surface area contributed by atoms with Crippen LogP contribution in [0.5, 0.6) is 0 Å². The highest BCUT2D eigenvalue weighted by Crippen LogP contribution is 2.39. The van der Waals surface area contributed by atoms with E-state index in [9.17, 15) is 9.59 Å². The van der Waals surface area contributed by atoms with Gasteiger partial charge in [-0.15, -0.1) is 0 Å². The molecule has 0 aromatic carbocycles. The van der Waals surface area contributed by atoms with E-state index in [1.807, 2.05) is 32.7 Å². The number of hydrogen-bond acceptors (Lipinski definition) is 6. The molecule has 0 unspecified atom stereocenters. The van der Waals surface area contributed by atoms with Crippen LogP contribution in [-0.2, 0) is 27.9 Å². The molecule has 6 nitrogen and oxygen atoms in total. The number of Topliss-reactive ketones (excluding diaryl/α,β-unsaturated/α-hetero) is 1. The van der Waals surface area contributed by atoms with Crippen molar-refractivity contribution in [1.29, 1.82) is 0 Å². The molecule has 0 saturated carbocycles. The first-order valence-corrected chi connectivity index (χ1v) is 21.6. The van der Waals surface area contributed by atoms with Crippen molar-refractivity contribution in [3.8, 4) is 0 Å². The molecule has 0 spiro atoms. The van der Waals surface area contributed by atoms with E-state index in [2.05, 4.69) is 62.1 Å². The monoisotopic (exact) mass is 618 g/mol. The van der Waals surface area contributed by atoms with Crippen LogP contribution in [-0.4, -0.2) is 58.9 Å². The predicted molar refractivity (Wildman–Crippen MR) is 158 cm³/mol. The number of ether oxygens (including phenoxy) is 2. The highest BCUT2D eigenvalue weighted by molar-refractivity contribution is 9.11. The van der Waals surface area contributed by atoms with Crippen LogP contribution in [0.15, 0.2) is 10.6 Å². The molecule has 2 aliphatic heterocycles. The van der Waals surface area contributed by atoms with Gasteiger partial charge < -0.3 is 18.3 Å². The molecule has 0 aromatic rings. The molecule has 2 saturated heterocycles. The van der Waals surface area contributed by atoms with Crippen molar-refractivity contribution < 1.29 is 27.9 Å². The second-order valence-corrected chi connectivity index (χ2v) is 23.1. The number of rotatable bonds is 5. The van der Waals surface area contributed by atoms with E-state index in [4.69, 9.17) is 18.3 Å². The Morgan fingerprint density at radius 3 is 2.14 bits per heavy atom. The normalized spacial score (nSPS) is 35.0. The third kappa shape index (κ3) is 9.98. The van der Waals surface area contributed by atoms with Gasteiger partial charge in [-0.1, -0.05) is 50.0 Å². The Kier molecular flexibility index (Phi) is 11.5. The van der Waals surface area contributed by atoms with Gasteiger partial charge in [0.2, 0.25) is 0 Å². The van der Waals surface area contributed by atoms with Crippen molar-refractivity contribution in [2.45, 2.75) is 137 Å². The van der Waals surface area contributed by atoms with Gasteiger partial charge in [-0.2, -0.15) is 0 Å². The third-order valence-corrected chi connectivity index (χ3v) is 10.2. The lowest BCUT2D eigenvalue weighted by atomic mass is 9.73. The van der Waals surface area contributed by atoms with E-state index in [-0.39, 0.29) is 54.4 Å². The molecule has 9 heteroatoms. The minimum atomic E-state index is -2.08. The van der Waals surface area contributed by atoms with Crippen LogP contribution in [0.25, 0.3) is 0 Å². The van der Waals surface area contributed by atoms with E-state index in [1.165, 1.54) is 0 Å². The first kappa shape index (κ1) is 32.9. The molecule has 2 heterocycles. The summed E-state index contributed by atoms with van der Waals surface area (Å²) in [7, 11) is -3.99. The highest BCUT2D eigenvalue weighted by atomic mass is 79.9. The van der Waals surface area contributed by atoms with E-state index in [0.29, 0.717) is 6.42 Å². The molecule has 0 aliphatic carbocycles. The molecule has 7 atom stereocenters. The summed E-state index contributed by atoms with van der Waals surface area (Å²) in [6.45, 7) is 22.8. The second kappa shape index (κ2) is 12.9. The zero-order valence-electron chi connectivity index (χ0n) is 25.0. The van der Waals surface area contributed by atoms with Crippen molar-refractivity contribution in [1.82, 2.24) is 0 Å². The standard InChI is InChI=1S/C28H51BrO6Si2/c1-18-13-12-14-21-23(32-21)15-22(19(2)17-29)33-25(30)16-24(34-36(6,7)8)28(4,5)27(31)20(3)26(18)35-37(9,10)11/h17-18,20-24,26H,12-16H2,1-11H3/b19-17+/t18-,20-,21-,22+,23+,24-,26-/m0/s1. The zero-order chi connectivity index (χ0) is 28.3. The minimum Gasteiger partial charge on any atom is -0.458 e. The van der Waals surface area contributed by atoms with Crippen LogP contribution in [0.4, 0.5) is 0 Å². The maximum absolute atomic E-state index is 14.2. The van der Waals surface area contributed by atoms with Crippen LogP contribution in [0.3, 0.4) is 0 Å². The number of ketones is 1. The SMILES string of the molecule is C/C(=C\Br)[C@H]1C[C@H]2O[C@H]2CCC[C@H](C)[C@H](O[Si](C)(C)C)[C@H](C)C(=O)C(C)(C)[C@@H](O[Si](C)(C)C)CC(=O)O1. The van der Waals surface area contributed by atoms with E-state index < -0.39 is 28.2 Å². The first-order chi connectivity index (χ1) is 16.9. The number of carbonyl (C=O) groups excluding carboxylic acids is 2. The fourth-order valence-electron chi connectivity index (χ4n) is 5.30. The molecule has 2 fully saturated rings. The number of epoxide rings is 1. The van der Waals surface area contributed by atoms with Gasteiger partial charge in [-0.3, -0.25) is 9.59 Å². The third-order valence-electron chi connectivity index (χ3n) is 7.48. The summed E-state index contributed by atoms with van der Waals surface area (Å²) < 4.78 is 25.2. The summed E-state index contributed by atoms with van der Waals surface area (Å²) in [4.78, 5) is 29.3. The summed E-state index contributed by atoms with van der Waals surface area (Å²) in [6, 6.07) is 0. The Balaban J connectivity index is 2.45. The number of esters is 1. The quantitative estimate of drug-likeness (QED) is 0.184. The summed E-state index contributed by atoms with van der Waals surface area (Å²) in [5, 5.41) is 0. The van der Waals surface area contributed by atoms with Gasteiger partial charge in [-0.25, -0.2) is 0 Å². The van der Waals surface area contributed by atoms with Crippen LogP contribution in [0.1, 0.15) is 66.7 Å². The summed E-state index contributed by atoms with van der Waals surface area (Å²) in [5.74, 6) is -0.337.